The highest BCUT2D eigenvalue weighted by molar-refractivity contribution is 8.69. The van der Waals surface area contributed by atoms with Crippen LogP contribution in [0.4, 0.5) is 0 Å². The van der Waals surface area contributed by atoms with Crippen molar-refractivity contribution in [1.29, 1.82) is 0 Å². The van der Waals surface area contributed by atoms with Gasteiger partial charge in [-0.2, -0.15) is 0 Å². The van der Waals surface area contributed by atoms with E-state index in [4.69, 9.17) is 11.5 Å². The van der Waals surface area contributed by atoms with Gasteiger partial charge in [0.1, 0.15) is 0 Å². The minimum absolute atomic E-state index is 0.0349. The first kappa shape index (κ1) is 7.53. The second kappa shape index (κ2) is 3.01. The topological polar surface area (TPSA) is 69.1 Å². The predicted octanol–water partition coefficient (Wildman–Crippen LogP) is -0.949. The normalized spacial score (nSPS) is 44.9. The SMILES string of the molecule is NC1CSS(=O)CC1N. The molecule has 1 rings (SSSR count). The van der Waals surface area contributed by atoms with Gasteiger partial charge in [0, 0.05) is 17.8 Å². The molecule has 9 heavy (non-hydrogen) atoms. The molecule has 0 aliphatic carbocycles. The molecule has 5 heteroatoms. The molecule has 0 saturated carbocycles. The Morgan fingerprint density at radius 3 is 2.56 bits per heavy atom. The molecule has 0 aromatic heterocycles. The highest BCUT2D eigenvalue weighted by atomic mass is 33.1. The van der Waals surface area contributed by atoms with Gasteiger partial charge in [-0.25, -0.2) is 4.21 Å². The average Bonchev–Trinajstić information content (AvgIpc) is 1.80. The van der Waals surface area contributed by atoms with Crippen LogP contribution in [0.25, 0.3) is 0 Å². The van der Waals surface area contributed by atoms with Crippen molar-refractivity contribution >= 4 is 20.6 Å². The second-order valence-corrected chi connectivity index (χ2v) is 5.41. The Kier molecular flexibility index (Phi) is 2.51. The van der Waals surface area contributed by atoms with Crippen molar-refractivity contribution in [3.05, 3.63) is 0 Å². The summed E-state index contributed by atoms with van der Waals surface area (Å²) in [5, 5.41) is 0. The Bertz CT molecular complexity index is 130. The minimum atomic E-state index is -0.779. The van der Waals surface area contributed by atoms with E-state index in [0.29, 0.717) is 5.75 Å². The summed E-state index contributed by atoms with van der Waals surface area (Å²) in [6.45, 7) is 0. The Hall–Kier alpha value is 0.420. The molecule has 0 radical (unpaired) electrons. The molecule has 4 N–H and O–H groups in total. The molecule has 54 valence electrons. The van der Waals surface area contributed by atoms with Crippen LogP contribution in [-0.4, -0.2) is 27.8 Å². The summed E-state index contributed by atoms with van der Waals surface area (Å²) in [4.78, 5) is 0. The quantitative estimate of drug-likeness (QED) is 0.455. The third kappa shape index (κ3) is 1.93. The molecule has 1 aliphatic heterocycles. The predicted molar refractivity (Wildman–Crippen MR) is 41.4 cm³/mol. The number of hydrogen-bond donors (Lipinski definition) is 2. The van der Waals surface area contributed by atoms with Gasteiger partial charge < -0.3 is 11.5 Å². The molecule has 1 heterocycles. The monoisotopic (exact) mass is 166 g/mol. The van der Waals surface area contributed by atoms with Crippen molar-refractivity contribution in [3.8, 4) is 0 Å². The highest BCUT2D eigenvalue weighted by Gasteiger charge is 2.22. The van der Waals surface area contributed by atoms with Crippen molar-refractivity contribution in [3.63, 3.8) is 0 Å². The fourth-order valence-corrected chi connectivity index (χ4v) is 3.51. The third-order valence-corrected chi connectivity index (χ3v) is 4.32. The maximum atomic E-state index is 10.8. The molecule has 0 amide bonds. The molecular formula is C4H10N2OS2. The summed E-state index contributed by atoms with van der Waals surface area (Å²) < 4.78 is 10.8. The van der Waals surface area contributed by atoms with E-state index in [1.807, 2.05) is 0 Å². The van der Waals surface area contributed by atoms with Gasteiger partial charge >= 0.3 is 0 Å². The first-order valence-electron chi connectivity index (χ1n) is 2.73. The maximum Gasteiger partial charge on any atom is 0.0820 e. The molecule has 3 nitrogen and oxygen atoms in total. The van der Waals surface area contributed by atoms with Crippen molar-refractivity contribution in [2.45, 2.75) is 12.1 Å². The van der Waals surface area contributed by atoms with Crippen LogP contribution in [0, 0.1) is 0 Å². The molecule has 0 aromatic rings. The van der Waals surface area contributed by atoms with E-state index >= 15 is 0 Å². The van der Waals surface area contributed by atoms with Gasteiger partial charge in [0.25, 0.3) is 0 Å². The summed E-state index contributed by atoms with van der Waals surface area (Å²) in [5.74, 6) is 1.28. The lowest BCUT2D eigenvalue weighted by Gasteiger charge is -2.23. The molecule has 3 unspecified atom stereocenters. The van der Waals surface area contributed by atoms with Crippen LogP contribution in [0.1, 0.15) is 0 Å². The van der Waals surface area contributed by atoms with Gasteiger partial charge in [0.05, 0.1) is 15.6 Å². The van der Waals surface area contributed by atoms with Crippen molar-refractivity contribution in [2.75, 3.05) is 11.5 Å². The Morgan fingerprint density at radius 1 is 1.44 bits per heavy atom. The van der Waals surface area contributed by atoms with Crippen LogP contribution in [-0.2, 0) is 9.83 Å². The van der Waals surface area contributed by atoms with Gasteiger partial charge in [-0.05, 0) is 0 Å². The van der Waals surface area contributed by atoms with E-state index in [1.165, 1.54) is 10.8 Å². The third-order valence-electron chi connectivity index (χ3n) is 1.27. The lowest BCUT2D eigenvalue weighted by Crippen LogP contribution is -2.48. The van der Waals surface area contributed by atoms with Crippen molar-refractivity contribution < 1.29 is 4.21 Å². The Morgan fingerprint density at radius 2 is 2.11 bits per heavy atom. The van der Waals surface area contributed by atoms with Crippen LogP contribution in [0.5, 0.6) is 0 Å². The van der Waals surface area contributed by atoms with E-state index in [9.17, 15) is 4.21 Å². The average molecular weight is 166 g/mol. The van der Waals surface area contributed by atoms with Gasteiger partial charge in [-0.15, -0.1) is 0 Å². The lowest BCUT2D eigenvalue weighted by atomic mass is 10.2. The van der Waals surface area contributed by atoms with Crippen LogP contribution in [0.3, 0.4) is 0 Å². The van der Waals surface area contributed by atoms with E-state index in [-0.39, 0.29) is 12.1 Å². The van der Waals surface area contributed by atoms with Gasteiger partial charge in [0.15, 0.2) is 0 Å². The molecule has 1 aliphatic rings. The molecule has 1 saturated heterocycles. The zero-order valence-corrected chi connectivity index (χ0v) is 6.58. The summed E-state index contributed by atoms with van der Waals surface area (Å²) in [6, 6.07) is -0.0280. The van der Waals surface area contributed by atoms with E-state index in [0.717, 1.165) is 5.75 Å². The smallest absolute Gasteiger partial charge is 0.0820 e. The lowest BCUT2D eigenvalue weighted by molar-refractivity contribution is 0.604. The van der Waals surface area contributed by atoms with Gasteiger partial charge in [-0.3, -0.25) is 0 Å². The van der Waals surface area contributed by atoms with Crippen LogP contribution >= 0.6 is 10.8 Å². The van der Waals surface area contributed by atoms with E-state index in [1.54, 1.807) is 0 Å². The van der Waals surface area contributed by atoms with Gasteiger partial charge in [-0.1, -0.05) is 10.8 Å². The minimum Gasteiger partial charge on any atom is -0.326 e. The number of nitrogens with two attached hydrogens (primary N) is 2. The van der Waals surface area contributed by atoms with Crippen molar-refractivity contribution in [2.24, 2.45) is 11.5 Å². The largest absolute Gasteiger partial charge is 0.326 e. The zero-order valence-electron chi connectivity index (χ0n) is 4.95. The summed E-state index contributed by atoms with van der Waals surface area (Å²) in [6.07, 6.45) is 0. The molecule has 3 atom stereocenters. The first-order valence-corrected chi connectivity index (χ1v) is 5.55. The highest BCUT2D eigenvalue weighted by Crippen LogP contribution is 2.16. The summed E-state index contributed by atoms with van der Waals surface area (Å²) in [5.41, 5.74) is 11.1. The molecule has 1 fully saturated rings. The van der Waals surface area contributed by atoms with E-state index < -0.39 is 9.83 Å². The zero-order chi connectivity index (χ0) is 6.85. The standard InChI is InChI=1S/C4H10N2OS2/c5-3-1-8-9(7)2-4(3)6/h3-4H,1-2,5-6H2. The van der Waals surface area contributed by atoms with E-state index in [2.05, 4.69) is 0 Å². The van der Waals surface area contributed by atoms with Crippen molar-refractivity contribution in [1.82, 2.24) is 0 Å². The molecule has 0 bridgehead atoms. The Labute approximate surface area is 60.4 Å². The molecular weight excluding hydrogens is 156 g/mol. The fourth-order valence-electron chi connectivity index (χ4n) is 0.607. The maximum absolute atomic E-state index is 10.8. The first-order chi connectivity index (χ1) is 4.20. The summed E-state index contributed by atoms with van der Waals surface area (Å²) in [7, 11) is 0.618. The van der Waals surface area contributed by atoms with Crippen LogP contribution in [0.2, 0.25) is 0 Å². The van der Waals surface area contributed by atoms with Gasteiger partial charge in [0.2, 0.25) is 0 Å². The second-order valence-electron chi connectivity index (χ2n) is 2.08. The Balaban J connectivity index is 2.44. The number of rotatable bonds is 0. The fraction of sp³-hybridized carbons (Fsp3) is 1.00. The summed E-state index contributed by atoms with van der Waals surface area (Å²) >= 11 is 0. The van der Waals surface area contributed by atoms with Crippen LogP contribution in [0.15, 0.2) is 0 Å². The van der Waals surface area contributed by atoms with Crippen LogP contribution < -0.4 is 11.5 Å². The number of hydrogen-bond acceptors (Lipinski definition) is 4. The molecule has 0 spiro atoms. The molecule has 0 aromatic carbocycles.